The van der Waals surface area contributed by atoms with Crippen LogP contribution in [0.1, 0.15) is 32.8 Å². The Kier molecular flexibility index (Phi) is 5.34. The molecule has 0 saturated carbocycles. The molecule has 1 aromatic carbocycles. The maximum Gasteiger partial charge on any atom is 0.134 e. The van der Waals surface area contributed by atoms with E-state index < -0.39 is 0 Å². The molecule has 124 valence electrons. The van der Waals surface area contributed by atoms with Crippen LogP contribution in [-0.4, -0.2) is 28.7 Å². The first-order valence-corrected chi connectivity index (χ1v) is 9.24. The lowest BCUT2D eigenvalue weighted by Crippen LogP contribution is -2.32. The highest BCUT2D eigenvalue weighted by molar-refractivity contribution is 7.97. The summed E-state index contributed by atoms with van der Waals surface area (Å²) < 4.78 is 14.1. The van der Waals surface area contributed by atoms with Crippen LogP contribution in [0, 0.1) is 0 Å². The molecule has 0 fully saturated rings. The molecule has 0 amide bonds. The molecule has 4 heteroatoms. The van der Waals surface area contributed by atoms with Gasteiger partial charge in [-0.25, -0.2) is 4.31 Å². The Morgan fingerprint density at radius 2 is 2.13 bits per heavy atom. The maximum atomic E-state index is 6.04. The molecule has 0 spiro atoms. The highest BCUT2D eigenvalue weighted by Crippen LogP contribution is 2.38. The van der Waals surface area contributed by atoms with Crippen molar-refractivity contribution in [2.75, 3.05) is 13.2 Å². The summed E-state index contributed by atoms with van der Waals surface area (Å²) in [6.45, 7) is 8.64. The minimum absolute atomic E-state index is 0.451. The Hall–Kier alpha value is -1.39. The fraction of sp³-hybridized carbons (Fsp3) is 0.474. The molecule has 1 aliphatic rings. The van der Waals surface area contributed by atoms with Crippen molar-refractivity contribution in [2.24, 2.45) is 0 Å². The molecule has 0 bridgehead atoms. The van der Waals surface area contributed by atoms with E-state index in [0.29, 0.717) is 11.3 Å². The van der Waals surface area contributed by atoms with Gasteiger partial charge < -0.3 is 9.15 Å². The van der Waals surface area contributed by atoms with E-state index in [1.807, 2.05) is 30.1 Å². The Balaban J connectivity index is 1.80. The van der Waals surface area contributed by atoms with Gasteiger partial charge in [-0.05, 0) is 44.9 Å². The maximum absolute atomic E-state index is 6.04. The van der Waals surface area contributed by atoms with Crippen molar-refractivity contribution in [3.8, 4) is 17.1 Å². The summed E-state index contributed by atoms with van der Waals surface area (Å²) in [7, 11) is 0. The minimum Gasteiger partial charge on any atom is -0.492 e. The molecule has 0 aliphatic carbocycles. The summed E-state index contributed by atoms with van der Waals surface area (Å²) in [6, 6.07) is 10.7. The summed E-state index contributed by atoms with van der Waals surface area (Å²) in [5, 5.41) is 0.451. The highest BCUT2D eigenvalue weighted by atomic mass is 32.2. The number of fused-ring (bicyclic) bond motifs is 1. The standard InChI is InChI=1S/C19H25NO2S/c1-4-10-20(14(2)3)23-15-12-17-16(18-9-6-11-21-18)7-5-8-19(17)22-13-15/h5-9,11,14-15H,4,10,12-13H2,1-3H3. The van der Waals surface area contributed by atoms with Crippen LogP contribution >= 0.6 is 11.9 Å². The quantitative estimate of drug-likeness (QED) is 0.694. The average molecular weight is 331 g/mol. The smallest absolute Gasteiger partial charge is 0.134 e. The van der Waals surface area contributed by atoms with Gasteiger partial charge in [-0.3, -0.25) is 0 Å². The van der Waals surface area contributed by atoms with Crippen LogP contribution in [0.2, 0.25) is 0 Å². The summed E-state index contributed by atoms with van der Waals surface area (Å²) in [4.78, 5) is 0. The highest BCUT2D eigenvalue weighted by Gasteiger charge is 2.26. The van der Waals surface area contributed by atoms with Crippen molar-refractivity contribution < 1.29 is 9.15 Å². The third-order valence-corrected chi connectivity index (χ3v) is 5.56. The van der Waals surface area contributed by atoms with E-state index in [9.17, 15) is 0 Å². The first-order valence-electron chi connectivity index (χ1n) is 8.41. The fourth-order valence-electron chi connectivity index (χ4n) is 2.96. The van der Waals surface area contributed by atoms with Crippen molar-refractivity contribution in [2.45, 2.75) is 44.9 Å². The van der Waals surface area contributed by atoms with E-state index in [2.05, 4.69) is 37.2 Å². The fourth-order valence-corrected chi connectivity index (χ4v) is 4.24. The topological polar surface area (TPSA) is 25.6 Å². The summed E-state index contributed by atoms with van der Waals surface area (Å²) in [5.74, 6) is 1.92. The predicted molar refractivity (Wildman–Crippen MR) is 96.9 cm³/mol. The van der Waals surface area contributed by atoms with E-state index in [4.69, 9.17) is 9.15 Å². The first-order chi connectivity index (χ1) is 11.2. The number of benzene rings is 1. The van der Waals surface area contributed by atoms with Crippen LogP contribution in [-0.2, 0) is 6.42 Å². The third kappa shape index (κ3) is 3.75. The zero-order valence-electron chi connectivity index (χ0n) is 14.1. The molecule has 3 rings (SSSR count). The molecule has 1 unspecified atom stereocenters. The van der Waals surface area contributed by atoms with Crippen LogP contribution in [0.5, 0.6) is 5.75 Å². The lowest BCUT2D eigenvalue weighted by Gasteiger charge is -2.32. The van der Waals surface area contributed by atoms with Gasteiger partial charge in [0, 0.05) is 23.7 Å². The van der Waals surface area contributed by atoms with Crippen LogP contribution in [0.25, 0.3) is 11.3 Å². The minimum atomic E-state index is 0.451. The van der Waals surface area contributed by atoms with E-state index in [0.717, 1.165) is 36.6 Å². The van der Waals surface area contributed by atoms with Gasteiger partial charge in [-0.1, -0.05) is 31.0 Å². The molecule has 1 aliphatic heterocycles. The normalized spacial score (nSPS) is 17.3. The SMILES string of the molecule is CCCN(SC1COc2cccc(-c3ccco3)c2C1)C(C)C. The van der Waals surface area contributed by atoms with Crippen molar-refractivity contribution in [3.63, 3.8) is 0 Å². The molecule has 0 N–H and O–H groups in total. The van der Waals surface area contributed by atoms with E-state index in [1.165, 1.54) is 12.0 Å². The zero-order valence-corrected chi connectivity index (χ0v) is 14.9. The van der Waals surface area contributed by atoms with Crippen molar-refractivity contribution >= 4 is 11.9 Å². The second-order valence-corrected chi connectivity index (χ2v) is 7.58. The van der Waals surface area contributed by atoms with Crippen LogP contribution in [0.15, 0.2) is 41.0 Å². The molecule has 1 atom stereocenters. The molecule has 3 nitrogen and oxygen atoms in total. The van der Waals surface area contributed by atoms with Crippen molar-refractivity contribution in [1.82, 2.24) is 4.31 Å². The average Bonchev–Trinajstić information content (AvgIpc) is 3.08. The number of rotatable bonds is 6. The summed E-state index contributed by atoms with van der Waals surface area (Å²) in [5.41, 5.74) is 2.43. The lowest BCUT2D eigenvalue weighted by molar-refractivity contribution is 0.289. The number of nitrogens with zero attached hydrogens (tertiary/aromatic N) is 1. The van der Waals surface area contributed by atoms with Crippen LogP contribution in [0.4, 0.5) is 0 Å². The monoisotopic (exact) mass is 331 g/mol. The Labute approximate surface area is 143 Å². The predicted octanol–water partition coefficient (Wildman–Crippen LogP) is 5.02. The summed E-state index contributed by atoms with van der Waals surface area (Å²) >= 11 is 1.95. The molecule has 2 aromatic rings. The number of hydrogen-bond donors (Lipinski definition) is 0. The second-order valence-electron chi connectivity index (χ2n) is 6.24. The Morgan fingerprint density at radius 1 is 1.26 bits per heavy atom. The van der Waals surface area contributed by atoms with Gasteiger partial charge in [0.1, 0.15) is 18.1 Å². The molecule has 0 saturated heterocycles. The zero-order chi connectivity index (χ0) is 16.2. The molecule has 23 heavy (non-hydrogen) atoms. The molecular weight excluding hydrogens is 306 g/mol. The Bertz CT molecular complexity index is 624. The number of furan rings is 1. The Morgan fingerprint density at radius 3 is 2.83 bits per heavy atom. The van der Waals surface area contributed by atoms with Crippen molar-refractivity contribution in [3.05, 3.63) is 42.2 Å². The van der Waals surface area contributed by atoms with Gasteiger partial charge in [-0.2, -0.15) is 0 Å². The van der Waals surface area contributed by atoms with Gasteiger partial charge in [-0.15, -0.1) is 0 Å². The largest absolute Gasteiger partial charge is 0.492 e. The number of hydrogen-bond acceptors (Lipinski definition) is 4. The summed E-state index contributed by atoms with van der Waals surface area (Å²) in [6.07, 6.45) is 3.92. The van der Waals surface area contributed by atoms with Crippen LogP contribution in [0.3, 0.4) is 0 Å². The van der Waals surface area contributed by atoms with Gasteiger partial charge in [0.15, 0.2) is 0 Å². The molecule has 0 radical (unpaired) electrons. The molecule has 2 heterocycles. The van der Waals surface area contributed by atoms with E-state index in [1.54, 1.807) is 6.26 Å². The van der Waals surface area contributed by atoms with Crippen LogP contribution < -0.4 is 4.74 Å². The third-order valence-electron chi connectivity index (χ3n) is 4.08. The molecular formula is C19H25NO2S. The van der Waals surface area contributed by atoms with E-state index in [-0.39, 0.29) is 0 Å². The van der Waals surface area contributed by atoms with E-state index >= 15 is 0 Å². The van der Waals surface area contributed by atoms with Gasteiger partial charge in [0.25, 0.3) is 0 Å². The van der Waals surface area contributed by atoms with Crippen molar-refractivity contribution in [1.29, 1.82) is 0 Å². The van der Waals surface area contributed by atoms with Gasteiger partial charge in [0.05, 0.1) is 11.5 Å². The van der Waals surface area contributed by atoms with Gasteiger partial charge in [0.2, 0.25) is 0 Å². The lowest BCUT2D eigenvalue weighted by atomic mass is 9.98. The molecule has 1 aromatic heterocycles. The van der Waals surface area contributed by atoms with Gasteiger partial charge >= 0.3 is 0 Å². The first kappa shape index (κ1) is 16.5. The number of ether oxygens (including phenoxy) is 1. The second kappa shape index (κ2) is 7.45.